The average molecular weight is 530 g/mol. The number of piperidine rings is 1. The highest BCUT2D eigenvalue weighted by Gasteiger charge is 2.23. The van der Waals surface area contributed by atoms with Crippen molar-refractivity contribution in [3.63, 3.8) is 0 Å². The van der Waals surface area contributed by atoms with Crippen LogP contribution in [0.25, 0.3) is 21.3 Å². The van der Waals surface area contributed by atoms with Gasteiger partial charge >= 0.3 is 0 Å². The van der Waals surface area contributed by atoms with E-state index in [9.17, 15) is 4.79 Å². The molecule has 0 bridgehead atoms. The van der Waals surface area contributed by atoms with Crippen molar-refractivity contribution in [1.82, 2.24) is 14.9 Å². The molecule has 5 rings (SSSR count). The number of anilines is 2. The van der Waals surface area contributed by atoms with E-state index in [2.05, 4.69) is 71.5 Å². The molecule has 1 amide bonds. The van der Waals surface area contributed by atoms with Crippen molar-refractivity contribution in [3.8, 4) is 16.9 Å². The average Bonchev–Trinajstić information content (AvgIpc) is 3.20. The second-order valence-electron chi connectivity index (χ2n) is 10.3. The van der Waals surface area contributed by atoms with E-state index in [1.165, 1.54) is 27.1 Å². The van der Waals surface area contributed by atoms with E-state index < -0.39 is 0 Å². The van der Waals surface area contributed by atoms with Crippen LogP contribution in [0.4, 0.5) is 11.6 Å². The molecule has 1 aliphatic rings. The van der Waals surface area contributed by atoms with Gasteiger partial charge in [0.15, 0.2) is 0 Å². The number of ether oxygens (including phenoxy) is 1. The molecule has 1 fully saturated rings. The number of aryl methyl sites for hydroxylation is 2. The van der Waals surface area contributed by atoms with Gasteiger partial charge in [-0.25, -0.2) is 9.97 Å². The molecule has 4 aromatic rings. The van der Waals surface area contributed by atoms with Crippen molar-refractivity contribution < 1.29 is 9.53 Å². The molecule has 0 aliphatic carbocycles. The number of rotatable bonds is 8. The molecular formula is C30H35N5O2S. The first-order chi connectivity index (χ1) is 18.3. The SMILES string of the molecule is Cc1ccccc1-c1c(C)sc2cnc(Nc3ccc(C4CCN(CC(N)=O)CC4)cc3OC(C)C)nc12. The number of thiophene rings is 1. The summed E-state index contributed by atoms with van der Waals surface area (Å²) in [7, 11) is 0. The van der Waals surface area contributed by atoms with Gasteiger partial charge in [-0.2, -0.15) is 0 Å². The molecule has 0 atom stereocenters. The summed E-state index contributed by atoms with van der Waals surface area (Å²) in [6.45, 7) is 10.4. The molecule has 0 saturated carbocycles. The fourth-order valence-electron chi connectivity index (χ4n) is 5.25. The zero-order valence-corrected chi connectivity index (χ0v) is 23.3. The molecule has 7 nitrogen and oxygen atoms in total. The highest BCUT2D eigenvalue weighted by Crippen LogP contribution is 2.40. The number of primary amides is 1. The van der Waals surface area contributed by atoms with E-state index in [4.69, 9.17) is 15.5 Å². The third-order valence-electron chi connectivity index (χ3n) is 7.07. The van der Waals surface area contributed by atoms with Gasteiger partial charge in [0.2, 0.25) is 11.9 Å². The lowest BCUT2D eigenvalue weighted by Crippen LogP contribution is -2.39. The fourth-order valence-corrected chi connectivity index (χ4v) is 6.24. The maximum atomic E-state index is 11.3. The number of nitrogens with zero attached hydrogens (tertiary/aromatic N) is 3. The number of aromatic nitrogens is 2. The molecular weight excluding hydrogens is 494 g/mol. The van der Waals surface area contributed by atoms with Crippen LogP contribution < -0.4 is 15.8 Å². The van der Waals surface area contributed by atoms with E-state index in [1.807, 2.05) is 20.0 Å². The summed E-state index contributed by atoms with van der Waals surface area (Å²) < 4.78 is 7.31. The Bertz CT molecular complexity index is 1460. The van der Waals surface area contributed by atoms with E-state index in [1.54, 1.807) is 11.3 Å². The minimum Gasteiger partial charge on any atom is -0.489 e. The maximum Gasteiger partial charge on any atom is 0.231 e. The molecule has 0 spiro atoms. The van der Waals surface area contributed by atoms with Crippen LogP contribution in [0.2, 0.25) is 0 Å². The van der Waals surface area contributed by atoms with Crippen LogP contribution in [0.5, 0.6) is 5.75 Å². The van der Waals surface area contributed by atoms with Gasteiger partial charge in [-0.05, 0) is 88.4 Å². The van der Waals surface area contributed by atoms with Crippen LogP contribution in [-0.4, -0.2) is 46.5 Å². The number of carbonyl (C=O) groups excluding carboxylic acids is 1. The summed E-state index contributed by atoms with van der Waals surface area (Å²) in [5, 5.41) is 3.43. The summed E-state index contributed by atoms with van der Waals surface area (Å²) in [6, 6.07) is 14.8. The molecule has 38 heavy (non-hydrogen) atoms. The number of hydrogen-bond acceptors (Lipinski definition) is 7. The van der Waals surface area contributed by atoms with Gasteiger partial charge in [-0.3, -0.25) is 9.69 Å². The van der Waals surface area contributed by atoms with Crippen LogP contribution in [0.3, 0.4) is 0 Å². The maximum absolute atomic E-state index is 11.3. The number of fused-ring (bicyclic) bond motifs is 1. The first-order valence-corrected chi connectivity index (χ1v) is 14.0. The molecule has 3 heterocycles. The third-order valence-corrected chi connectivity index (χ3v) is 8.10. The predicted molar refractivity (Wildman–Crippen MR) is 155 cm³/mol. The van der Waals surface area contributed by atoms with Crippen molar-refractivity contribution in [1.29, 1.82) is 0 Å². The minimum absolute atomic E-state index is 0.0267. The van der Waals surface area contributed by atoms with Crippen LogP contribution >= 0.6 is 11.3 Å². The Morgan fingerprint density at radius 2 is 1.95 bits per heavy atom. The topological polar surface area (TPSA) is 93.4 Å². The molecule has 198 valence electrons. The van der Waals surface area contributed by atoms with Gasteiger partial charge in [0.1, 0.15) is 5.75 Å². The van der Waals surface area contributed by atoms with Crippen LogP contribution in [0.1, 0.15) is 48.6 Å². The number of nitrogens with two attached hydrogens (primary N) is 1. The Labute approximate surface area is 228 Å². The van der Waals surface area contributed by atoms with Crippen molar-refractivity contribution in [2.75, 3.05) is 25.0 Å². The highest BCUT2D eigenvalue weighted by atomic mass is 32.1. The largest absolute Gasteiger partial charge is 0.489 e. The summed E-state index contributed by atoms with van der Waals surface area (Å²) in [4.78, 5) is 24.2. The molecule has 1 aliphatic heterocycles. The standard InChI is InChI=1S/C30H35N5O2S/c1-18(2)37-25-15-22(21-11-13-35(14-12-21)17-27(31)36)9-10-24(25)33-30-32-16-26-29(34-30)28(20(4)38-26)23-8-6-5-7-19(23)3/h5-10,15-16,18,21H,11-14,17H2,1-4H3,(H2,31,36)(H,32,33,34). The zero-order valence-electron chi connectivity index (χ0n) is 22.5. The number of amides is 1. The zero-order chi connectivity index (χ0) is 26.8. The Morgan fingerprint density at radius 3 is 2.66 bits per heavy atom. The summed E-state index contributed by atoms with van der Waals surface area (Å²) >= 11 is 1.72. The number of carbonyl (C=O) groups is 1. The van der Waals surface area contributed by atoms with Crippen LogP contribution in [0, 0.1) is 13.8 Å². The normalized spacial score (nSPS) is 14.8. The second kappa shape index (κ2) is 11.1. The molecule has 0 unspecified atom stereocenters. The quantitative estimate of drug-likeness (QED) is 0.283. The van der Waals surface area contributed by atoms with E-state index >= 15 is 0 Å². The van der Waals surface area contributed by atoms with Gasteiger partial charge < -0.3 is 15.8 Å². The monoisotopic (exact) mass is 529 g/mol. The lowest BCUT2D eigenvalue weighted by atomic mass is 9.89. The van der Waals surface area contributed by atoms with E-state index in [0.29, 0.717) is 18.4 Å². The van der Waals surface area contributed by atoms with Gasteiger partial charge in [-0.1, -0.05) is 30.3 Å². The van der Waals surface area contributed by atoms with E-state index in [0.717, 1.165) is 47.6 Å². The second-order valence-corrected chi connectivity index (χ2v) is 11.6. The van der Waals surface area contributed by atoms with Gasteiger partial charge in [0.05, 0.1) is 34.7 Å². The predicted octanol–water partition coefficient (Wildman–Crippen LogP) is 6.17. The smallest absolute Gasteiger partial charge is 0.231 e. The number of hydrogen-bond donors (Lipinski definition) is 2. The van der Waals surface area contributed by atoms with Gasteiger partial charge in [0, 0.05) is 10.4 Å². The first kappa shape index (κ1) is 26.1. The summed E-state index contributed by atoms with van der Waals surface area (Å²) in [6.07, 6.45) is 3.90. The van der Waals surface area contributed by atoms with Crippen LogP contribution in [0.15, 0.2) is 48.7 Å². The third kappa shape index (κ3) is 5.66. The molecule has 8 heteroatoms. The van der Waals surface area contributed by atoms with E-state index in [-0.39, 0.29) is 12.0 Å². The highest BCUT2D eigenvalue weighted by molar-refractivity contribution is 7.19. The van der Waals surface area contributed by atoms with Crippen molar-refractivity contribution in [2.45, 2.75) is 52.6 Å². The number of benzene rings is 2. The van der Waals surface area contributed by atoms with Crippen molar-refractivity contribution in [3.05, 3.63) is 64.7 Å². The molecule has 1 saturated heterocycles. The lowest BCUT2D eigenvalue weighted by molar-refractivity contribution is -0.119. The fraction of sp³-hybridized carbons (Fsp3) is 0.367. The Balaban J connectivity index is 1.42. The summed E-state index contributed by atoms with van der Waals surface area (Å²) in [5.41, 5.74) is 12.0. The molecule has 2 aromatic heterocycles. The van der Waals surface area contributed by atoms with Crippen molar-refractivity contribution >= 4 is 39.1 Å². The van der Waals surface area contributed by atoms with Gasteiger partial charge in [0.25, 0.3) is 0 Å². The Hall–Kier alpha value is -3.49. The lowest BCUT2D eigenvalue weighted by Gasteiger charge is -2.31. The Kier molecular flexibility index (Phi) is 7.63. The van der Waals surface area contributed by atoms with Crippen LogP contribution in [-0.2, 0) is 4.79 Å². The van der Waals surface area contributed by atoms with Gasteiger partial charge in [-0.15, -0.1) is 11.3 Å². The number of nitrogens with one attached hydrogen (secondary N) is 1. The molecule has 0 radical (unpaired) electrons. The minimum atomic E-state index is -0.268. The number of likely N-dealkylation sites (tertiary alicyclic amines) is 1. The molecule has 3 N–H and O–H groups in total. The van der Waals surface area contributed by atoms with Crippen molar-refractivity contribution in [2.24, 2.45) is 5.73 Å². The summed E-state index contributed by atoms with van der Waals surface area (Å²) in [5.74, 6) is 1.49. The molecule has 2 aromatic carbocycles. The Morgan fingerprint density at radius 1 is 1.18 bits per heavy atom. The first-order valence-electron chi connectivity index (χ1n) is 13.2.